The maximum absolute atomic E-state index is 11.6. The Labute approximate surface area is 96.1 Å². The van der Waals surface area contributed by atoms with Gasteiger partial charge in [0.05, 0.1) is 7.11 Å². The van der Waals surface area contributed by atoms with Gasteiger partial charge in [-0.1, -0.05) is 37.3 Å². The number of ether oxygens (including phenoxy) is 1. The molecule has 3 nitrogen and oxygen atoms in total. The molecule has 0 saturated carbocycles. The molecule has 0 bridgehead atoms. The number of nitrogens with one attached hydrogen (secondary N) is 1. The third-order valence-corrected chi connectivity index (χ3v) is 2.08. The Bertz CT molecular complexity index is 357. The minimum Gasteiger partial charge on any atom is -0.491 e. The summed E-state index contributed by atoms with van der Waals surface area (Å²) in [5.41, 5.74) is 0.950. The van der Waals surface area contributed by atoms with Crippen molar-refractivity contribution in [1.29, 1.82) is 0 Å². The van der Waals surface area contributed by atoms with Crippen molar-refractivity contribution in [1.82, 2.24) is 5.32 Å². The van der Waals surface area contributed by atoms with Crippen molar-refractivity contribution < 1.29 is 9.53 Å². The van der Waals surface area contributed by atoms with E-state index in [1.54, 1.807) is 6.08 Å². The van der Waals surface area contributed by atoms with Gasteiger partial charge in [0.2, 0.25) is 0 Å². The highest BCUT2D eigenvalue weighted by Crippen LogP contribution is 2.07. The molecule has 16 heavy (non-hydrogen) atoms. The highest BCUT2D eigenvalue weighted by Gasteiger charge is 2.07. The predicted octanol–water partition coefficient (Wildman–Crippen LogP) is 2.20. The normalized spacial score (nSPS) is 11.0. The van der Waals surface area contributed by atoms with E-state index in [2.05, 4.69) is 5.32 Å². The van der Waals surface area contributed by atoms with E-state index in [4.69, 9.17) is 4.74 Å². The maximum Gasteiger partial charge on any atom is 0.286 e. The van der Waals surface area contributed by atoms with Crippen molar-refractivity contribution >= 4 is 12.0 Å². The lowest BCUT2D eigenvalue weighted by Gasteiger charge is -2.06. The molecule has 1 aromatic rings. The first kappa shape index (κ1) is 12.3. The fraction of sp³-hybridized carbons (Fsp3) is 0.308. The van der Waals surface area contributed by atoms with Gasteiger partial charge in [0.15, 0.2) is 5.76 Å². The third kappa shape index (κ3) is 3.77. The number of hydrogen-bond acceptors (Lipinski definition) is 2. The van der Waals surface area contributed by atoms with Crippen molar-refractivity contribution in [3.63, 3.8) is 0 Å². The van der Waals surface area contributed by atoms with E-state index in [0.29, 0.717) is 12.3 Å². The molecule has 0 aromatic heterocycles. The largest absolute Gasteiger partial charge is 0.491 e. The second-order valence-electron chi connectivity index (χ2n) is 3.38. The van der Waals surface area contributed by atoms with Crippen LogP contribution in [-0.4, -0.2) is 19.6 Å². The number of hydrogen-bond donors (Lipinski definition) is 1. The monoisotopic (exact) mass is 219 g/mol. The van der Waals surface area contributed by atoms with Crippen molar-refractivity contribution in [3.8, 4) is 0 Å². The summed E-state index contributed by atoms with van der Waals surface area (Å²) >= 11 is 0. The smallest absolute Gasteiger partial charge is 0.286 e. The minimum atomic E-state index is -0.173. The predicted molar refractivity (Wildman–Crippen MR) is 64.7 cm³/mol. The van der Waals surface area contributed by atoms with E-state index in [1.807, 2.05) is 37.3 Å². The number of amides is 1. The van der Waals surface area contributed by atoms with Gasteiger partial charge in [-0.3, -0.25) is 4.79 Å². The average molecular weight is 219 g/mol. The highest BCUT2D eigenvalue weighted by molar-refractivity contribution is 5.95. The van der Waals surface area contributed by atoms with Gasteiger partial charge in [0.1, 0.15) is 0 Å². The zero-order chi connectivity index (χ0) is 11.8. The average Bonchev–Trinajstić information content (AvgIpc) is 2.34. The summed E-state index contributed by atoms with van der Waals surface area (Å²) in [7, 11) is 1.50. The molecule has 1 N–H and O–H groups in total. The van der Waals surface area contributed by atoms with E-state index >= 15 is 0 Å². The molecule has 0 aliphatic heterocycles. The minimum absolute atomic E-state index is 0.173. The molecule has 0 aliphatic rings. The van der Waals surface area contributed by atoms with Gasteiger partial charge >= 0.3 is 0 Å². The van der Waals surface area contributed by atoms with Crippen LogP contribution in [-0.2, 0) is 9.53 Å². The van der Waals surface area contributed by atoms with E-state index in [0.717, 1.165) is 12.0 Å². The van der Waals surface area contributed by atoms with Crippen LogP contribution in [0.5, 0.6) is 0 Å². The Morgan fingerprint density at radius 2 is 2.06 bits per heavy atom. The van der Waals surface area contributed by atoms with Gasteiger partial charge in [-0.05, 0) is 18.1 Å². The molecular weight excluding hydrogens is 202 g/mol. The Hall–Kier alpha value is -1.77. The quantitative estimate of drug-likeness (QED) is 0.609. The summed E-state index contributed by atoms with van der Waals surface area (Å²) in [6.45, 7) is 2.67. The molecule has 3 heteroatoms. The van der Waals surface area contributed by atoms with Gasteiger partial charge in [-0.25, -0.2) is 0 Å². The fourth-order valence-electron chi connectivity index (χ4n) is 1.24. The van der Waals surface area contributed by atoms with Crippen LogP contribution < -0.4 is 5.32 Å². The zero-order valence-electron chi connectivity index (χ0n) is 9.69. The van der Waals surface area contributed by atoms with Crippen LogP contribution in [0, 0.1) is 0 Å². The second kappa shape index (κ2) is 6.67. The molecular formula is C13H17NO2. The molecule has 1 aromatic carbocycles. The molecule has 0 heterocycles. The first-order chi connectivity index (χ1) is 7.77. The maximum atomic E-state index is 11.6. The fourth-order valence-corrected chi connectivity index (χ4v) is 1.24. The second-order valence-corrected chi connectivity index (χ2v) is 3.38. The Kier molecular flexibility index (Phi) is 5.12. The van der Waals surface area contributed by atoms with Crippen molar-refractivity contribution in [3.05, 3.63) is 41.7 Å². The molecule has 0 aliphatic carbocycles. The number of carbonyl (C=O) groups excluding carboxylic acids is 1. The third-order valence-electron chi connectivity index (χ3n) is 2.08. The van der Waals surface area contributed by atoms with E-state index in [-0.39, 0.29) is 5.91 Å². The van der Waals surface area contributed by atoms with E-state index < -0.39 is 0 Å². The van der Waals surface area contributed by atoms with Gasteiger partial charge in [-0.2, -0.15) is 0 Å². The van der Waals surface area contributed by atoms with Gasteiger partial charge in [0.25, 0.3) is 5.91 Å². The lowest BCUT2D eigenvalue weighted by atomic mass is 10.2. The van der Waals surface area contributed by atoms with Crippen LogP contribution in [0.2, 0.25) is 0 Å². The first-order valence-electron chi connectivity index (χ1n) is 5.37. The Morgan fingerprint density at radius 1 is 1.38 bits per heavy atom. The topological polar surface area (TPSA) is 38.3 Å². The van der Waals surface area contributed by atoms with Crippen LogP contribution >= 0.6 is 0 Å². The highest BCUT2D eigenvalue weighted by atomic mass is 16.5. The standard InChI is InChI=1S/C13H17NO2/c1-3-9-14-13(15)12(16-2)10-11-7-5-4-6-8-11/h4-8,10H,3,9H2,1-2H3,(H,14,15). The molecule has 0 atom stereocenters. The molecule has 1 rings (SSSR count). The van der Waals surface area contributed by atoms with Crippen LogP contribution in [0.3, 0.4) is 0 Å². The molecule has 0 saturated heterocycles. The van der Waals surface area contributed by atoms with E-state index in [9.17, 15) is 4.79 Å². The molecule has 0 fully saturated rings. The Morgan fingerprint density at radius 3 is 2.62 bits per heavy atom. The van der Waals surface area contributed by atoms with Crippen molar-refractivity contribution in [2.45, 2.75) is 13.3 Å². The number of benzene rings is 1. The number of carbonyl (C=O) groups is 1. The van der Waals surface area contributed by atoms with Crippen LogP contribution in [0.4, 0.5) is 0 Å². The summed E-state index contributed by atoms with van der Waals surface area (Å²) in [6, 6.07) is 9.62. The summed E-state index contributed by atoms with van der Waals surface area (Å²) in [5, 5.41) is 2.77. The van der Waals surface area contributed by atoms with Gasteiger partial charge in [0, 0.05) is 6.54 Å². The summed E-state index contributed by atoms with van der Waals surface area (Å²) in [4.78, 5) is 11.6. The molecule has 0 unspecified atom stereocenters. The molecule has 0 spiro atoms. The van der Waals surface area contributed by atoms with Crippen molar-refractivity contribution in [2.75, 3.05) is 13.7 Å². The lowest BCUT2D eigenvalue weighted by molar-refractivity contribution is -0.120. The molecule has 1 amide bonds. The summed E-state index contributed by atoms with van der Waals surface area (Å²) in [5.74, 6) is 0.160. The van der Waals surface area contributed by atoms with E-state index in [1.165, 1.54) is 7.11 Å². The van der Waals surface area contributed by atoms with Gasteiger partial charge < -0.3 is 10.1 Å². The Balaban J connectivity index is 2.74. The summed E-state index contributed by atoms with van der Waals surface area (Å²) in [6.07, 6.45) is 2.64. The SMILES string of the molecule is CCCNC(=O)C(=Cc1ccccc1)OC. The first-order valence-corrected chi connectivity index (χ1v) is 5.37. The number of rotatable bonds is 5. The van der Waals surface area contributed by atoms with Crippen LogP contribution in [0.25, 0.3) is 6.08 Å². The van der Waals surface area contributed by atoms with Crippen LogP contribution in [0.15, 0.2) is 36.1 Å². The molecule has 86 valence electrons. The lowest BCUT2D eigenvalue weighted by Crippen LogP contribution is -2.26. The molecule has 0 radical (unpaired) electrons. The summed E-state index contributed by atoms with van der Waals surface area (Å²) < 4.78 is 5.06. The zero-order valence-corrected chi connectivity index (χ0v) is 9.69. The van der Waals surface area contributed by atoms with Crippen molar-refractivity contribution in [2.24, 2.45) is 0 Å². The number of methoxy groups -OCH3 is 1. The van der Waals surface area contributed by atoms with Crippen LogP contribution in [0.1, 0.15) is 18.9 Å². The van der Waals surface area contributed by atoms with Gasteiger partial charge in [-0.15, -0.1) is 0 Å².